The molecule has 0 amide bonds. The van der Waals surface area contributed by atoms with Crippen molar-refractivity contribution in [1.29, 1.82) is 0 Å². The minimum Gasteiger partial charge on any atom is -0.393 e. The second-order valence-corrected chi connectivity index (χ2v) is 9.62. The number of aromatic nitrogens is 2. The molecule has 1 aliphatic heterocycles. The number of rotatable bonds is 5. The van der Waals surface area contributed by atoms with Gasteiger partial charge in [-0.2, -0.15) is 0 Å². The van der Waals surface area contributed by atoms with E-state index in [1.807, 2.05) is 41.2 Å². The van der Waals surface area contributed by atoms with Gasteiger partial charge < -0.3 is 10.0 Å². The minimum absolute atomic E-state index is 0.0591. The van der Waals surface area contributed by atoms with Gasteiger partial charge in [-0.1, -0.05) is 44.2 Å². The highest BCUT2D eigenvalue weighted by molar-refractivity contribution is 5.76. The van der Waals surface area contributed by atoms with Gasteiger partial charge in [0.05, 0.1) is 17.1 Å². The lowest BCUT2D eigenvalue weighted by molar-refractivity contribution is 0.0208. The molecule has 166 valence electrons. The molecule has 2 heterocycles. The second kappa shape index (κ2) is 9.69. The van der Waals surface area contributed by atoms with Gasteiger partial charge in [-0.05, 0) is 51.2 Å². The third-order valence-corrected chi connectivity index (χ3v) is 7.58. The standard InChI is InChI=1S/C25H39N3O2/c1-3-27-23-13-9-10-14-24(23)28(25(27)30)22-15-16-26(18-21(22)19(2)29)17-20-11-7-5-4-6-8-12-20/h9-10,13-14,19-22,29H,3-8,11-12,15-18H2,1-2H3. The monoisotopic (exact) mass is 413 g/mol. The summed E-state index contributed by atoms with van der Waals surface area (Å²) in [5, 5.41) is 10.7. The average molecular weight is 414 g/mol. The number of fused-ring (bicyclic) bond motifs is 1. The van der Waals surface area contributed by atoms with Gasteiger partial charge in [0, 0.05) is 38.1 Å². The fraction of sp³-hybridized carbons (Fsp3) is 0.720. The number of hydrogen-bond acceptors (Lipinski definition) is 3. The lowest BCUT2D eigenvalue weighted by Crippen LogP contribution is -2.48. The number of aryl methyl sites for hydroxylation is 1. The predicted octanol–water partition coefficient (Wildman–Crippen LogP) is 4.43. The van der Waals surface area contributed by atoms with Crippen LogP contribution in [0.1, 0.15) is 71.3 Å². The molecule has 0 radical (unpaired) electrons. The maximum Gasteiger partial charge on any atom is 0.329 e. The highest BCUT2D eigenvalue weighted by Gasteiger charge is 2.36. The fourth-order valence-corrected chi connectivity index (χ4v) is 5.95. The lowest BCUT2D eigenvalue weighted by atomic mass is 9.85. The molecule has 1 aromatic heterocycles. The summed E-state index contributed by atoms with van der Waals surface area (Å²) in [5.74, 6) is 0.877. The average Bonchev–Trinajstić information content (AvgIpc) is 3.01. The van der Waals surface area contributed by atoms with Crippen molar-refractivity contribution in [2.24, 2.45) is 11.8 Å². The first-order valence-electron chi connectivity index (χ1n) is 12.2. The van der Waals surface area contributed by atoms with E-state index in [4.69, 9.17) is 0 Å². The van der Waals surface area contributed by atoms with Gasteiger partial charge in [-0.15, -0.1) is 0 Å². The molecular weight excluding hydrogens is 374 g/mol. The van der Waals surface area contributed by atoms with Crippen LogP contribution in [0.5, 0.6) is 0 Å². The van der Waals surface area contributed by atoms with Gasteiger partial charge in [-0.25, -0.2) is 4.79 Å². The number of para-hydroxylation sites is 2. The quantitative estimate of drug-likeness (QED) is 0.789. The molecule has 1 N–H and O–H groups in total. The topological polar surface area (TPSA) is 50.4 Å². The Labute approximate surface area is 180 Å². The molecule has 2 aromatic rings. The summed E-state index contributed by atoms with van der Waals surface area (Å²) in [4.78, 5) is 15.9. The van der Waals surface area contributed by atoms with E-state index in [0.29, 0.717) is 6.54 Å². The zero-order valence-electron chi connectivity index (χ0n) is 18.8. The van der Waals surface area contributed by atoms with Crippen molar-refractivity contribution < 1.29 is 5.11 Å². The number of aliphatic hydroxyl groups excluding tert-OH is 1. The molecular formula is C25H39N3O2. The lowest BCUT2D eigenvalue weighted by Gasteiger charge is -2.41. The number of aliphatic hydroxyl groups is 1. The van der Waals surface area contributed by atoms with E-state index in [2.05, 4.69) is 11.0 Å². The SMILES string of the molecule is CCn1c(=O)n(C2CCN(CC3CCCCCCC3)CC2C(C)O)c2ccccc21. The third-order valence-electron chi connectivity index (χ3n) is 7.58. The van der Waals surface area contributed by atoms with Crippen LogP contribution in [0, 0.1) is 11.8 Å². The smallest absolute Gasteiger partial charge is 0.329 e. The van der Waals surface area contributed by atoms with Crippen LogP contribution >= 0.6 is 0 Å². The molecule has 1 aliphatic carbocycles. The van der Waals surface area contributed by atoms with Crippen LogP contribution in [0.25, 0.3) is 11.0 Å². The molecule has 3 unspecified atom stereocenters. The van der Waals surface area contributed by atoms with Crippen LogP contribution in [-0.4, -0.2) is 44.9 Å². The summed E-state index contributed by atoms with van der Waals surface area (Å²) >= 11 is 0. The van der Waals surface area contributed by atoms with E-state index < -0.39 is 6.10 Å². The normalized spacial score (nSPS) is 25.8. The summed E-state index contributed by atoms with van der Waals surface area (Å²) in [6.07, 6.45) is 10.1. The first kappa shape index (κ1) is 21.6. The first-order chi connectivity index (χ1) is 14.6. The van der Waals surface area contributed by atoms with E-state index in [0.717, 1.165) is 43.0 Å². The number of nitrogens with zero attached hydrogens (tertiary/aromatic N) is 3. The molecule has 3 atom stereocenters. The Hall–Kier alpha value is -1.59. The van der Waals surface area contributed by atoms with E-state index in [9.17, 15) is 9.90 Å². The van der Waals surface area contributed by atoms with Crippen LogP contribution < -0.4 is 5.69 Å². The predicted molar refractivity (Wildman–Crippen MR) is 123 cm³/mol. The van der Waals surface area contributed by atoms with Crippen molar-refractivity contribution in [2.45, 2.75) is 83.9 Å². The number of piperidine rings is 1. The Bertz CT molecular complexity index is 876. The van der Waals surface area contributed by atoms with Crippen molar-refractivity contribution in [1.82, 2.24) is 14.0 Å². The largest absolute Gasteiger partial charge is 0.393 e. The van der Waals surface area contributed by atoms with Gasteiger partial charge >= 0.3 is 5.69 Å². The second-order valence-electron chi connectivity index (χ2n) is 9.62. The zero-order valence-corrected chi connectivity index (χ0v) is 18.8. The Morgan fingerprint density at radius 1 is 1.03 bits per heavy atom. The van der Waals surface area contributed by atoms with Gasteiger partial charge in [0.1, 0.15) is 0 Å². The highest BCUT2D eigenvalue weighted by atomic mass is 16.3. The van der Waals surface area contributed by atoms with Crippen LogP contribution in [0.15, 0.2) is 29.1 Å². The van der Waals surface area contributed by atoms with Crippen molar-refractivity contribution in [2.75, 3.05) is 19.6 Å². The Morgan fingerprint density at radius 2 is 1.70 bits per heavy atom. The molecule has 2 aliphatic rings. The maximum atomic E-state index is 13.3. The summed E-state index contributed by atoms with van der Waals surface area (Å²) < 4.78 is 3.86. The Kier molecular flexibility index (Phi) is 6.99. The van der Waals surface area contributed by atoms with E-state index in [-0.39, 0.29) is 17.6 Å². The summed E-state index contributed by atoms with van der Waals surface area (Å²) in [5.41, 5.74) is 2.09. The summed E-state index contributed by atoms with van der Waals surface area (Å²) in [6, 6.07) is 8.17. The van der Waals surface area contributed by atoms with E-state index in [1.54, 1.807) is 0 Å². The number of likely N-dealkylation sites (tertiary alicyclic amines) is 1. The van der Waals surface area contributed by atoms with Gasteiger partial charge in [0.25, 0.3) is 0 Å². The summed E-state index contributed by atoms with van der Waals surface area (Å²) in [7, 11) is 0. The summed E-state index contributed by atoms with van der Waals surface area (Å²) in [6.45, 7) is 7.66. The first-order valence-corrected chi connectivity index (χ1v) is 12.2. The fourth-order valence-electron chi connectivity index (χ4n) is 5.95. The van der Waals surface area contributed by atoms with Crippen molar-refractivity contribution >= 4 is 11.0 Å². The van der Waals surface area contributed by atoms with E-state index in [1.165, 1.54) is 44.9 Å². The van der Waals surface area contributed by atoms with E-state index >= 15 is 0 Å². The molecule has 5 heteroatoms. The molecule has 1 aromatic carbocycles. The van der Waals surface area contributed by atoms with Crippen molar-refractivity contribution in [3.05, 3.63) is 34.7 Å². The van der Waals surface area contributed by atoms with Crippen molar-refractivity contribution in [3.63, 3.8) is 0 Å². The molecule has 2 fully saturated rings. The van der Waals surface area contributed by atoms with Gasteiger partial charge in [0.15, 0.2) is 0 Å². The molecule has 30 heavy (non-hydrogen) atoms. The molecule has 1 saturated carbocycles. The van der Waals surface area contributed by atoms with Gasteiger partial charge in [-0.3, -0.25) is 9.13 Å². The molecule has 0 spiro atoms. The zero-order chi connectivity index (χ0) is 21.1. The molecule has 0 bridgehead atoms. The molecule has 1 saturated heterocycles. The Balaban J connectivity index is 1.56. The van der Waals surface area contributed by atoms with Gasteiger partial charge in [0.2, 0.25) is 0 Å². The minimum atomic E-state index is -0.425. The van der Waals surface area contributed by atoms with Crippen LogP contribution in [-0.2, 0) is 6.54 Å². The van der Waals surface area contributed by atoms with Crippen LogP contribution in [0.3, 0.4) is 0 Å². The number of imidazole rings is 1. The van der Waals surface area contributed by atoms with Crippen LogP contribution in [0.4, 0.5) is 0 Å². The third kappa shape index (κ3) is 4.38. The number of hydrogen-bond donors (Lipinski definition) is 1. The number of benzene rings is 1. The molecule has 4 rings (SSSR count). The highest BCUT2D eigenvalue weighted by Crippen LogP contribution is 2.34. The van der Waals surface area contributed by atoms with Crippen LogP contribution in [0.2, 0.25) is 0 Å². The van der Waals surface area contributed by atoms with Crippen molar-refractivity contribution in [3.8, 4) is 0 Å². The maximum absolute atomic E-state index is 13.3. The molecule has 5 nitrogen and oxygen atoms in total. The Morgan fingerprint density at radius 3 is 2.37 bits per heavy atom.